The number of nitrogens with zero attached hydrogens (tertiary/aromatic N) is 2. The van der Waals surface area contributed by atoms with E-state index < -0.39 is 28.5 Å². The molecule has 7 nitrogen and oxygen atoms in total. The van der Waals surface area contributed by atoms with E-state index in [9.17, 15) is 18.0 Å². The molecule has 0 saturated carbocycles. The monoisotopic (exact) mass is 637 g/mol. The van der Waals surface area contributed by atoms with Gasteiger partial charge in [-0.2, -0.15) is 0 Å². The molecule has 0 unspecified atom stereocenters. The van der Waals surface area contributed by atoms with Crippen LogP contribution < -0.4 is 9.62 Å². The predicted octanol–water partition coefficient (Wildman–Crippen LogP) is 6.36. The zero-order valence-corrected chi connectivity index (χ0v) is 26.0. The first-order chi connectivity index (χ1) is 20.7. The number of benzene rings is 4. The summed E-state index contributed by atoms with van der Waals surface area (Å²) in [6.07, 6.45) is 0.919. The van der Waals surface area contributed by atoms with Gasteiger partial charge in [0.1, 0.15) is 12.6 Å². The molecule has 10 heteroatoms. The van der Waals surface area contributed by atoms with Crippen molar-refractivity contribution in [3.8, 4) is 0 Å². The maximum Gasteiger partial charge on any atom is 0.264 e. The van der Waals surface area contributed by atoms with E-state index in [0.29, 0.717) is 23.6 Å². The number of carbonyl (C=O) groups excluding carboxylic acids is 2. The summed E-state index contributed by atoms with van der Waals surface area (Å²) in [5, 5.41) is 3.50. The van der Waals surface area contributed by atoms with Crippen LogP contribution in [0.4, 0.5) is 5.69 Å². The minimum Gasteiger partial charge on any atom is -0.354 e. The van der Waals surface area contributed by atoms with Crippen molar-refractivity contribution >= 4 is 50.7 Å². The Kier molecular flexibility index (Phi) is 11.2. The smallest absolute Gasteiger partial charge is 0.264 e. The second kappa shape index (κ2) is 15.0. The van der Waals surface area contributed by atoms with Crippen molar-refractivity contribution in [3.63, 3.8) is 0 Å². The van der Waals surface area contributed by atoms with Crippen LogP contribution in [0.1, 0.15) is 24.5 Å². The summed E-state index contributed by atoms with van der Waals surface area (Å²) in [5.41, 5.74) is 1.61. The van der Waals surface area contributed by atoms with E-state index in [0.717, 1.165) is 9.87 Å². The minimum absolute atomic E-state index is 0.00176. The third-order valence-electron chi connectivity index (χ3n) is 6.85. The van der Waals surface area contributed by atoms with Crippen LogP contribution in [0.25, 0.3) is 0 Å². The Labute approximate surface area is 263 Å². The van der Waals surface area contributed by atoms with Crippen LogP contribution in [0, 0.1) is 0 Å². The van der Waals surface area contributed by atoms with Crippen LogP contribution in [0.5, 0.6) is 0 Å². The van der Waals surface area contributed by atoms with Crippen LogP contribution in [0.3, 0.4) is 0 Å². The van der Waals surface area contributed by atoms with Gasteiger partial charge in [0.05, 0.1) is 15.6 Å². The number of carbonyl (C=O) groups is 2. The van der Waals surface area contributed by atoms with Crippen molar-refractivity contribution in [2.24, 2.45) is 0 Å². The lowest BCUT2D eigenvalue weighted by Gasteiger charge is -2.34. The summed E-state index contributed by atoms with van der Waals surface area (Å²) in [4.78, 5) is 29.5. The standard InChI is InChI=1S/C33H33Cl2N3O4S/c1-2-21-36-33(40)31(22-25-13-5-3-6-14-25)37(23-26-15-9-10-18-28(26)34)32(39)24-38(30-20-12-11-19-29(30)35)43(41,42)27-16-7-4-8-17-27/h3-20,31H,2,21-24H2,1H3,(H,36,40)/t31-/m0/s1. The van der Waals surface area contributed by atoms with Crippen molar-refractivity contribution in [2.45, 2.75) is 37.2 Å². The molecule has 0 aromatic heterocycles. The van der Waals surface area contributed by atoms with Gasteiger partial charge in [-0.3, -0.25) is 13.9 Å². The molecule has 0 spiro atoms. The van der Waals surface area contributed by atoms with Gasteiger partial charge in [0.25, 0.3) is 10.0 Å². The van der Waals surface area contributed by atoms with Crippen molar-refractivity contribution < 1.29 is 18.0 Å². The largest absolute Gasteiger partial charge is 0.354 e. The zero-order valence-electron chi connectivity index (χ0n) is 23.7. The second-order valence-corrected chi connectivity index (χ2v) is 12.6. The van der Waals surface area contributed by atoms with Gasteiger partial charge in [-0.25, -0.2) is 8.42 Å². The number of rotatable bonds is 13. The number of nitrogens with one attached hydrogen (secondary N) is 1. The normalized spacial score (nSPS) is 11.9. The van der Waals surface area contributed by atoms with Gasteiger partial charge in [-0.1, -0.05) is 109 Å². The summed E-state index contributed by atoms with van der Waals surface area (Å²) < 4.78 is 29.0. The Hall–Kier alpha value is -3.85. The van der Waals surface area contributed by atoms with Crippen LogP contribution >= 0.6 is 23.2 Å². The maximum absolute atomic E-state index is 14.4. The highest BCUT2D eigenvalue weighted by molar-refractivity contribution is 7.92. The quantitative estimate of drug-likeness (QED) is 0.185. The molecule has 1 atom stereocenters. The molecule has 4 rings (SSSR count). The molecule has 0 aliphatic heterocycles. The topological polar surface area (TPSA) is 86.8 Å². The van der Waals surface area contributed by atoms with E-state index >= 15 is 0 Å². The molecule has 2 amide bonds. The predicted molar refractivity (Wildman–Crippen MR) is 172 cm³/mol. The van der Waals surface area contributed by atoms with Crippen molar-refractivity contribution in [1.29, 1.82) is 0 Å². The average molecular weight is 639 g/mol. The summed E-state index contributed by atoms with van der Waals surface area (Å²) >= 11 is 13.0. The van der Waals surface area contributed by atoms with E-state index in [1.807, 2.05) is 37.3 Å². The highest BCUT2D eigenvalue weighted by Crippen LogP contribution is 2.31. The molecule has 0 aliphatic carbocycles. The Morgan fingerprint density at radius 3 is 2.00 bits per heavy atom. The number of sulfonamides is 1. The molecule has 224 valence electrons. The number of hydrogen-bond donors (Lipinski definition) is 1. The van der Waals surface area contributed by atoms with Gasteiger partial charge in [0, 0.05) is 24.5 Å². The molecule has 4 aromatic carbocycles. The van der Waals surface area contributed by atoms with Crippen molar-refractivity contribution in [2.75, 3.05) is 17.4 Å². The number of para-hydroxylation sites is 1. The highest BCUT2D eigenvalue weighted by atomic mass is 35.5. The van der Waals surface area contributed by atoms with E-state index in [4.69, 9.17) is 23.2 Å². The average Bonchev–Trinajstić information content (AvgIpc) is 3.02. The van der Waals surface area contributed by atoms with E-state index in [2.05, 4.69) is 5.32 Å². The molecule has 43 heavy (non-hydrogen) atoms. The molecule has 0 aliphatic rings. The SMILES string of the molecule is CCCNC(=O)[C@H](Cc1ccccc1)N(Cc1ccccc1Cl)C(=O)CN(c1ccccc1Cl)S(=O)(=O)c1ccccc1. The first kappa shape index (κ1) is 32.1. The van der Waals surface area contributed by atoms with E-state index in [1.54, 1.807) is 66.7 Å². The Bertz CT molecular complexity index is 1640. The third kappa shape index (κ3) is 8.16. The lowest BCUT2D eigenvalue weighted by atomic mass is 10.0. The van der Waals surface area contributed by atoms with Gasteiger partial charge in [-0.15, -0.1) is 0 Å². The number of anilines is 1. The lowest BCUT2D eigenvalue weighted by molar-refractivity contribution is -0.140. The fraction of sp³-hybridized carbons (Fsp3) is 0.212. The van der Waals surface area contributed by atoms with E-state index in [-0.39, 0.29) is 34.5 Å². The van der Waals surface area contributed by atoms with Crippen LogP contribution in [-0.2, 0) is 32.6 Å². The summed E-state index contributed by atoms with van der Waals surface area (Å²) in [6, 6.07) is 29.7. The number of amides is 2. The molecule has 1 N–H and O–H groups in total. The molecule has 0 saturated heterocycles. The van der Waals surface area contributed by atoms with E-state index in [1.165, 1.54) is 17.0 Å². The van der Waals surface area contributed by atoms with Crippen LogP contribution in [0.15, 0.2) is 114 Å². The summed E-state index contributed by atoms with van der Waals surface area (Å²) in [6.45, 7) is 1.75. The fourth-order valence-electron chi connectivity index (χ4n) is 4.62. The Balaban J connectivity index is 1.81. The lowest BCUT2D eigenvalue weighted by Crippen LogP contribution is -2.53. The third-order valence-corrected chi connectivity index (χ3v) is 9.31. The van der Waals surface area contributed by atoms with Gasteiger partial charge in [0.15, 0.2) is 0 Å². The first-order valence-corrected chi connectivity index (χ1v) is 16.1. The van der Waals surface area contributed by atoms with Crippen LogP contribution in [-0.4, -0.2) is 44.3 Å². The van der Waals surface area contributed by atoms with Crippen molar-refractivity contribution in [1.82, 2.24) is 10.2 Å². The Morgan fingerprint density at radius 2 is 1.37 bits per heavy atom. The first-order valence-electron chi connectivity index (χ1n) is 13.9. The molecule has 4 aromatic rings. The molecular weight excluding hydrogens is 605 g/mol. The Morgan fingerprint density at radius 1 is 0.791 bits per heavy atom. The number of hydrogen-bond acceptors (Lipinski definition) is 4. The minimum atomic E-state index is -4.23. The summed E-state index contributed by atoms with van der Waals surface area (Å²) in [7, 11) is -4.23. The molecule has 0 radical (unpaired) electrons. The van der Waals surface area contributed by atoms with Gasteiger partial charge in [0.2, 0.25) is 11.8 Å². The maximum atomic E-state index is 14.4. The molecule has 0 fully saturated rings. The highest BCUT2D eigenvalue weighted by Gasteiger charge is 2.35. The molecule has 0 bridgehead atoms. The molecule has 0 heterocycles. The number of halogens is 2. The van der Waals surface area contributed by atoms with Gasteiger partial charge in [-0.05, 0) is 47.9 Å². The summed E-state index contributed by atoms with van der Waals surface area (Å²) in [5.74, 6) is -0.937. The fourth-order valence-corrected chi connectivity index (χ4v) is 6.55. The second-order valence-electron chi connectivity index (χ2n) is 9.89. The van der Waals surface area contributed by atoms with Crippen LogP contribution in [0.2, 0.25) is 10.0 Å². The van der Waals surface area contributed by atoms with Crippen molar-refractivity contribution in [3.05, 3.63) is 130 Å². The molecular formula is C33H33Cl2N3O4S. The van der Waals surface area contributed by atoms with Gasteiger partial charge < -0.3 is 10.2 Å². The zero-order chi connectivity index (χ0) is 30.8. The van der Waals surface area contributed by atoms with Gasteiger partial charge >= 0.3 is 0 Å².